The number of halogens is 3. The average Bonchev–Trinajstić information content (AvgIpc) is 3.24. The largest absolute Gasteiger partial charge is 0.443 e. The van der Waals surface area contributed by atoms with Gasteiger partial charge in [0.1, 0.15) is 5.52 Å². The van der Waals surface area contributed by atoms with Crippen LogP contribution in [0.2, 0.25) is 0 Å². The van der Waals surface area contributed by atoms with Crippen LogP contribution in [0.4, 0.5) is 13.2 Å². The van der Waals surface area contributed by atoms with Crippen molar-refractivity contribution in [2.75, 3.05) is 6.61 Å². The number of rotatable bonds is 4. The van der Waals surface area contributed by atoms with Crippen LogP contribution < -0.4 is 5.56 Å². The number of nitrogens with zero attached hydrogens (tertiary/aromatic N) is 5. The second-order valence-electron chi connectivity index (χ2n) is 6.51. The van der Waals surface area contributed by atoms with Crippen molar-refractivity contribution in [3.8, 4) is 21.8 Å². The van der Waals surface area contributed by atoms with Crippen LogP contribution in [-0.4, -0.2) is 36.2 Å². The summed E-state index contributed by atoms with van der Waals surface area (Å²) < 4.78 is 40.2. The molecule has 1 N–H and O–H groups in total. The van der Waals surface area contributed by atoms with Gasteiger partial charge in [-0.3, -0.25) is 14.3 Å². The highest BCUT2D eigenvalue weighted by atomic mass is 32.1. The molecule has 0 unspecified atom stereocenters. The Hall–Kier alpha value is -3.18. The van der Waals surface area contributed by atoms with Crippen molar-refractivity contribution in [1.29, 1.82) is 0 Å². The highest BCUT2D eigenvalue weighted by Crippen LogP contribution is 2.37. The second kappa shape index (κ2) is 7.58. The van der Waals surface area contributed by atoms with Gasteiger partial charge in [-0.1, -0.05) is 0 Å². The lowest BCUT2D eigenvalue weighted by Crippen LogP contribution is -2.25. The fraction of sp³-hybridized carbons (Fsp3) is 0.211. The number of aromatic nitrogens is 5. The fourth-order valence-electron chi connectivity index (χ4n) is 2.90. The molecule has 7 nitrogen and oxygen atoms in total. The van der Waals surface area contributed by atoms with E-state index in [9.17, 15) is 23.1 Å². The van der Waals surface area contributed by atoms with Gasteiger partial charge in [0.05, 0.1) is 40.6 Å². The molecule has 154 valence electrons. The number of alkyl halides is 3. The first-order valence-electron chi connectivity index (χ1n) is 8.76. The quantitative estimate of drug-likeness (QED) is 0.529. The van der Waals surface area contributed by atoms with Crippen LogP contribution in [0.3, 0.4) is 0 Å². The summed E-state index contributed by atoms with van der Waals surface area (Å²) in [4.78, 5) is 29.5. The van der Waals surface area contributed by atoms with E-state index in [1.54, 1.807) is 25.3 Å². The third-order valence-electron chi connectivity index (χ3n) is 4.44. The normalized spacial score (nSPS) is 13.0. The molecule has 4 heterocycles. The maximum Gasteiger partial charge on any atom is 0.443 e. The van der Waals surface area contributed by atoms with E-state index in [1.807, 2.05) is 0 Å². The summed E-state index contributed by atoms with van der Waals surface area (Å²) in [6.45, 7) is 1.38. The fourth-order valence-corrected chi connectivity index (χ4v) is 3.64. The third kappa shape index (κ3) is 3.57. The lowest BCUT2D eigenvalue weighted by atomic mass is 10.1. The Bertz CT molecular complexity index is 1270. The first-order chi connectivity index (χ1) is 14.3. The number of pyridine rings is 2. The zero-order valence-electron chi connectivity index (χ0n) is 15.5. The van der Waals surface area contributed by atoms with Gasteiger partial charge in [0, 0.05) is 24.2 Å². The van der Waals surface area contributed by atoms with Gasteiger partial charge >= 0.3 is 6.18 Å². The van der Waals surface area contributed by atoms with E-state index in [2.05, 4.69) is 19.9 Å². The number of hydrogen-bond donors (Lipinski definition) is 1. The average molecular weight is 433 g/mol. The van der Waals surface area contributed by atoms with Crippen LogP contribution >= 0.6 is 11.3 Å². The number of thiazole rings is 1. The van der Waals surface area contributed by atoms with Gasteiger partial charge in [-0.2, -0.15) is 13.2 Å². The van der Waals surface area contributed by atoms with Crippen molar-refractivity contribution >= 4 is 22.2 Å². The van der Waals surface area contributed by atoms with E-state index in [0.29, 0.717) is 28.1 Å². The predicted octanol–water partition coefficient (Wildman–Crippen LogP) is 3.55. The molecule has 0 aliphatic heterocycles. The Morgan fingerprint density at radius 1 is 1.27 bits per heavy atom. The van der Waals surface area contributed by atoms with Gasteiger partial charge < -0.3 is 5.11 Å². The summed E-state index contributed by atoms with van der Waals surface area (Å²) in [5.74, 6) is 0. The molecule has 0 amide bonds. The molecule has 0 spiro atoms. The molecule has 30 heavy (non-hydrogen) atoms. The van der Waals surface area contributed by atoms with Gasteiger partial charge in [0.25, 0.3) is 5.56 Å². The van der Waals surface area contributed by atoms with Gasteiger partial charge in [-0.05, 0) is 25.1 Å². The van der Waals surface area contributed by atoms with E-state index in [0.717, 1.165) is 6.20 Å². The van der Waals surface area contributed by atoms with Gasteiger partial charge in [0.2, 0.25) is 0 Å². The molecule has 11 heteroatoms. The van der Waals surface area contributed by atoms with Crippen LogP contribution in [0.15, 0.2) is 47.9 Å². The SMILES string of the molecule is C[C@@H](CO)n1cnc2c(-c3cccnc3)nc(-c3cnc(C(F)(F)F)s3)cc2c1=O. The van der Waals surface area contributed by atoms with Crippen molar-refractivity contribution in [3.63, 3.8) is 0 Å². The number of fused-ring (bicyclic) bond motifs is 1. The lowest BCUT2D eigenvalue weighted by Gasteiger charge is -2.14. The minimum absolute atomic E-state index is 0.166. The van der Waals surface area contributed by atoms with Crippen LogP contribution in [0, 0.1) is 0 Å². The zero-order chi connectivity index (χ0) is 21.5. The monoisotopic (exact) mass is 433 g/mol. The Morgan fingerprint density at radius 3 is 2.70 bits per heavy atom. The van der Waals surface area contributed by atoms with Crippen LogP contribution in [-0.2, 0) is 6.18 Å². The number of aliphatic hydroxyl groups excluding tert-OH is 1. The third-order valence-corrected chi connectivity index (χ3v) is 5.51. The van der Waals surface area contributed by atoms with Crippen molar-refractivity contribution in [2.45, 2.75) is 19.1 Å². The van der Waals surface area contributed by atoms with Gasteiger partial charge in [-0.25, -0.2) is 15.0 Å². The van der Waals surface area contributed by atoms with E-state index >= 15 is 0 Å². The van der Waals surface area contributed by atoms with E-state index in [-0.39, 0.29) is 22.6 Å². The molecule has 0 saturated heterocycles. The van der Waals surface area contributed by atoms with Gasteiger partial charge in [0.15, 0.2) is 5.01 Å². The molecule has 4 rings (SSSR count). The summed E-state index contributed by atoms with van der Waals surface area (Å²) in [6, 6.07) is 4.28. The molecule has 1 atom stereocenters. The van der Waals surface area contributed by atoms with E-state index in [4.69, 9.17) is 0 Å². The zero-order valence-corrected chi connectivity index (χ0v) is 16.3. The van der Waals surface area contributed by atoms with Gasteiger partial charge in [-0.15, -0.1) is 11.3 Å². The topological polar surface area (TPSA) is 93.8 Å². The Labute approximate surface area is 171 Å². The Balaban J connectivity index is 2.01. The van der Waals surface area contributed by atoms with Crippen LogP contribution in [0.25, 0.3) is 32.7 Å². The summed E-state index contributed by atoms with van der Waals surface area (Å²) in [5, 5.41) is 8.58. The summed E-state index contributed by atoms with van der Waals surface area (Å²) >= 11 is 0.443. The molecule has 0 bridgehead atoms. The van der Waals surface area contributed by atoms with Crippen LogP contribution in [0.1, 0.15) is 18.0 Å². The molecule has 4 aromatic rings. The van der Waals surface area contributed by atoms with Crippen molar-refractivity contribution in [1.82, 2.24) is 24.5 Å². The maximum absolute atomic E-state index is 13.0. The molecule has 0 aliphatic carbocycles. The summed E-state index contributed by atoms with van der Waals surface area (Å²) in [7, 11) is 0. The molecule has 0 fully saturated rings. The molecule has 0 radical (unpaired) electrons. The highest BCUT2D eigenvalue weighted by Gasteiger charge is 2.35. The summed E-state index contributed by atoms with van der Waals surface area (Å²) in [5.41, 5.74) is 0.903. The highest BCUT2D eigenvalue weighted by molar-refractivity contribution is 7.15. The second-order valence-corrected chi connectivity index (χ2v) is 7.54. The number of aliphatic hydroxyl groups is 1. The van der Waals surface area contributed by atoms with E-state index < -0.39 is 22.8 Å². The van der Waals surface area contributed by atoms with Crippen molar-refractivity contribution in [2.24, 2.45) is 0 Å². The predicted molar refractivity (Wildman–Crippen MR) is 105 cm³/mol. The minimum atomic E-state index is -4.57. The molecule has 4 aromatic heterocycles. The Kier molecular flexibility index (Phi) is 5.08. The first-order valence-corrected chi connectivity index (χ1v) is 9.57. The Morgan fingerprint density at radius 2 is 2.07 bits per heavy atom. The molecular weight excluding hydrogens is 419 g/mol. The van der Waals surface area contributed by atoms with Crippen molar-refractivity contribution < 1.29 is 18.3 Å². The van der Waals surface area contributed by atoms with Crippen molar-refractivity contribution in [3.05, 3.63) is 58.5 Å². The molecule has 0 aromatic carbocycles. The summed E-state index contributed by atoms with van der Waals surface area (Å²) in [6.07, 6.45) is 0.929. The standard InChI is InChI=1S/C19H14F3N5O2S/c1-10(8-28)27-9-25-16-12(17(27)29)5-13(14-7-24-18(30-14)19(20,21)22)26-15(16)11-3-2-4-23-6-11/h2-7,9-10,28H,8H2,1H3/t10-/m0/s1. The smallest absolute Gasteiger partial charge is 0.394 e. The molecule has 0 aliphatic rings. The molecule has 0 saturated carbocycles. The maximum atomic E-state index is 13.0. The molecular formula is C19H14F3N5O2S. The lowest BCUT2D eigenvalue weighted by molar-refractivity contribution is -0.137. The van der Waals surface area contributed by atoms with Crippen LogP contribution in [0.5, 0.6) is 0 Å². The number of hydrogen-bond acceptors (Lipinski definition) is 7. The first kappa shape index (κ1) is 20.1. The minimum Gasteiger partial charge on any atom is -0.394 e. The van der Waals surface area contributed by atoms with E-state index in [1.165, 1.54) is 23.2 Å².